The predicted molar refractivity (Wildman–Crippen MR) is 40.7 cm³/mol. The highest BCUT2D eigenvalue weighted by molar-refractivity contribution is 4.73. The van der Waals surface area contributed by atoms with E-state index in [-0.39, 0.29) is 6.61 Å². The highest BCUT2D eigenvalue weighted by atomic mass is 19.1. The van der Waals surface area contributed by atoms with Gasteiger partial charge in [-0.05, 0) is 19.3 Å². The zero-order valence-corrected chi connectivity index (χ0v) is 7.02. The summed E-state index contributed by atoms with van der Waals surface area (Å²) < 4.78 is 13.0. The highest BCUT2D eigenvalue weighted by Gasteiger charge is 2.23. The molecule has 0 aliphatic carbocycles. The molecule has 0 aliphatic rings. The maximum Gasteiger partial charge on any atom is 0.131 e. The Morgan fingerprint density at radius 2 is 2.10 bits per heavy atom. The maximum absolute atomic E-state index is 13.0. The second-order valence-corrected chi connectivity index (χ2v) is 3.29. The molecule has 0 aliphatic heterocycles. The molecule has 0 rings (SSSR count). The van der Waals surface area contributed by atoms with Crippen LogP contribution in [0.3, 0.4) is 0 Å². The van der Waals surface area contributed by atoms with Crippen molar-refractivity contribution in [2.75, 3.05) is 6.61 Å². The Hall–Kier alpha value is -0.110. The average molecular weight is 148 g/mol. The summed E-state index contributed by atoms with van der Waals surface area (Å²) in [5.41, 5.74) is -1.38. The predicted octanol–water partition coefficient (Wildman–Crippen LogP) is 2.14. The van der Waals surface area contributed by atoms with E-state index >= 15 is 0 Å². The average Bonchev–Trinajstić information content (AvgIpc) is 1.87. The largest absolute Gasteiger partial charge is 0.393 e. The van der Waals surface area contributed by atoms with Gasteiger partial charge in [0, 0.05) is 0 Å². The van der Waals surface area contributed by atoms with Gasteiger partial charge in [0.15, 0.2) is 0 Å². The lowest BCUT2D eigenvalue weighted by Crippen LogP contribution is -2.25. The van der Waals surface area contributed by atoms with E-state index in [9.17, 15) is 4.39 Å². The molecular weight excluding hydrogens is 131 g/mol. The lowest BCUT2D eigenvalue weighted by atomic mass is 9.94. The molecule has 0 saturated carbocycles. The Morgan fingerprint density at radius 1 is 1.60 bits per heavy atom. The molecular formula is C8H17FO. The van der Waals surface area contributed by atoms with E-state index in [1.807, 2.05) is 13.8 Å². The summed E-state index contributed by atoms with van der Waals surface area (Å²) in [7, 11) is 0. The Labute approximate surface area is 62.3 Å². The standard InChI is InChI=1S/C8H17FO/c1-4-7(2)5-8(3,9)6-10/h7,10H,4-6H2,1-3H3. The molecule has 0 aromatic rings. The van der Waals surface area contributed by atoms with Crippen LogP contribution >= 0.6 is 0 Å². The van der Waals surface area contributed by atoms with Gasteiger partial charge in [-0.15, -0.1) is 0 Å². The summed E-state index contributed by atoms with van der Waals surface area (Å²) in [6, 6.07) is 0. The van der Waals surface area contributed by atoms with Crippen molar-refractivity contribution in [2.45, 2.75) is 39.3 Å². The van der Waals surface area contributed by atoms with Crippen LogP contribution in [0, 0.1) is 5.92 Å². The van der Waals surface area contributed by atoms with Crippen LogP contribution in [-0.4, -0.2) is 17.4 Å². The smallest absolute Gasteiger partial charge is 0.131 e. The van der Waals surface area contributed by atoms with Gasteiger partial charge in [-0.3, -0.25) is 0 Å². The van der Waals surface area contributed by atoms with Gasteiger partial charge in [0.05, 0.1) is 6.61 Å². The molecule has 0 fully saturated rings. The summed E-state index contributed by atoms with van der Waals surface area (Å²) >= 11 is 0. The number of aliphatic hydroxyl groups excluding tert-OH is 1. The van der Waals surface area contributed by atoms with Crippen molar-refractivity contribution in [3.63, 3.8) is 0 Å². The van der Waals surface area contributed by atoms with Crippen LogP contribution in [0.15, 0.2) is 0 Å². The third-order valence-corrected chi connectivity index (χ3v) is 1.80. The Bertz CT molecular complexity index is 91.3. The van der Waals surface area contributed by atoms with Crippen molar-refractivity contribution in [3.05, 3.63) is 0 Å². The molecule has 1 nitrogen and oxygen atoms in total. The van der Waals surface area contributed by atoms with Crippen LogP contribution in [0.4, 0.5) is 4.39 Å². The van der Waals surface area contributed by atoms with E-state index in [4.69, 9.17) is 5.11 Å². The monoisotopic (exact) mass is 148 g/mol. The third kappa shape index (κ3) is 3.83. The van der Waals surface area contributed by atoms with E-state index in [0.717, 1.165) is 6.42 Å². The van der Waals surface area contributed by atoms with Gasteiger partial charge >= 0.3 is 0 Å². The van der Waals surface area contributed by atoms with Gasteiger partial charge in [0.2, 0.25) is 0 Å². The first kappa shape index (κ1) is 9.89. The third-order valence-electron chi connectivity index (χ3n) is 1.80. The number of hydrogen-bond donors (Lipinski definition) is 1. The van der Waals surface area contributed by atoms with Crippen molar-refractivity contribution in [3.8, 4) is 0 Å². The number of aliphatic hydroxyl groups is 1. The quantitative estimate of drug-likeness (QED) is 0.647. The van der Waals surface area contributed by atoms with E-state index in [2.05, 4.69) is 0 Å². The van der Waals surface area contributed by atoms with Gasteiger partial charge in [0.1, 0.15) is 5.67 Å². The second kappa shape index (κ2) is 3.91. The fraction of sp³-hybridized carbons (Fsp3) is 1.00. The van der Waals surface area contributed by atoms with Crippen molar-refractivity contribution >= 4 is 0 Å². The fourth-order valence-electron chi connectivity index (χ4n) is 0.935. The van der Waals surface area contributed by atoms with E-state index in [0.29, 0.717) is 12.3 Å². The van der Waals surface area contributed by atoms with Gasteiger partial charge in [-0.2, -0.15) is 0 Å². The minimum atomic E-state index is -1.38. The molecule has 0 saturated heterocycles. The summed E-state index contributed by atoms with van der Waals surface area (Å²) in [6.07, 6.45) is 1.43. The Balaban J connectivity index is 3.64. The van der Waals surface area contributed by atoms with Crippen LogP contribution < -0.4 is 0 Å². The van der Waals surface area contributed by atoms with Gasteiger partial charge < -0.3 is 5.11 Å². The molecule has 62 valence electrons. The minimum Gasteiger partial charge on any atom is -0.393 e. The van der Waals surface area contributed by atoms with Crippen molar-refractivity contribution in [1.82, 2.24) is 0 Å². The minimum absolute atomic E-state index is 0.363. The molecule has 0 heterocycles. The Morgan fingerprint density at radius 3 is 2.40 bits per heavy atom. The topological polar surface area (TPSA) is 20.2 Å². The Kier molecular flexibility index (Phi) is 3.87. The van der Waals surface area contributed by atoms with Crippen molar-refractivity contribution < 1.29 is 9.50 Å². The summed E-state index contributed by atoms with van der Waals surface area (Å²) in [6.45, 7) is 5.10. The second-order valence-electron chi connectivity index (χ2n) is 3.29. The molecule has 0 amide bonds. The first-order valence-corrected chi connectivity index (χ1v) is 3.81. The molecule has 2 unspecified atom stereocenters. The molecule has 0 bridgehead atoms. The van der Waals surface area contributed by atoms with Crippen molar-refractivity contribution in [1.29, 1.82) is 0 Å². The van der Waals surface area contributed by atoms with Crippen LogP contribution in [0.5, 0.6) is 0 Å². The summed E-state index contributed by atoms with van der Waals surface area (Å²) in [5.74, 6) is 0.363. The van der Waals surface area contributed by atoms with Crippen LogP contribution in [0.2, 0.25) is 0 Å². The molecule has 0 aromatic heterocycles. The first-order valence-electron chi connectivity index (χ1n) is 3.81. The summed E-state index contributed by atoms with van der Waals surface area (Å²) in [4.78, 5) is 0. The molecule has 1 N–H and O–H groups in total. The number of rotatable bonds is 4. The molecule has 10 heavy (non-hydrogen) atoms. The van der Waals surface area contributed by atoms with E-state index < -0.39 is 5.67 Å². The van der Waals surface area contributed by atoms with Crippen LogP contribution in [-0.2, 0) is 0 Å². The summed E-state index contributed by atoms with van der Waals surface area (Å²) in [5, 5.41) is 8.56. The number of halogens is 1. The van der Waals surface area contributed by atoms with Crippen molar-refractivity contribution in [2.24, 2.45) is 5.92 Å². The lowest BCUT2D eigenvalue weighted by molar-refractivity contribution is 0.0653. The number of alkyl halides is 1. The molecule has 2 atom stereocenters. The number of hydrogen-bond acceptors (Lipinski definition) is 1. The first-order chi connectivity index (χ1) is 4.52. The zero-order chi connectivity index (χ0) is 8.20. The zero-order valence-electron chi connectivity index (χ0n) is 7.02. The SMILES string of the molecule is CCC(C)CC(C)(F)CO. The van der Waals surface area contributed by atoms with E-state index in [1.165, 1.54) is 6.92 Å². The molecule has 0 aromatic carbocycles. The molecule has 0 spiro atoms. The highest BCUT2D eigenvalue weighted by Crippen LogP contribution is 2.21. The van der Waals surface area contributed by atoms with E-state index in [1.54, 1.807) is 0 Å². The van der Waals surface area contributed by atoms with Gasteiger partial charge in [-0.25, -0.2) is 4.39 Å². The lowest BCUT2D eigenvalue weighted by Gasteiger charge is -2.20. The molecule has 0 radical (unpaired) electrons. The van der Waals surface area contributed by atoms with Crippen LogP contribution in [0.1, 0.15) is 33.6 Å². The van der Waals surface area contributed by atoms with Crippen LogP contribution in [0.25, 0.3) is 0 Å². The molecule has 2 heteroatoms. The fourth-order valence-corrected chi connectivity index (χ4v) is 0.935. The van der Waals surface area contributed by atoms with Gasteiger partial charge in [-0.1, -0.05) is 20.3 Å². The van der Waals surface area contributed by atoms with Gasteiger partial charge in [0.25, 0.3) is 0 Å². The normalized spacial score (nSPS) is 20.1. The maximum atomic E-state index is 13.0.